The first kappa shape index (κ1) is 17.7. The molecule has 3 heterocycles. The standard InChI is InChI=1S/C14H25N5O4S/c1-10-7-18(8-11(2)23-10)24(20,21)17-12-5-4-6-19-14(12)15-13(16-19)9-22-3/h10-12,17H,4-9H2,1-3H3/t10-,11+,12-/m1/s1. The monoisotopic (exact) mass is 359 g/mol. The zero-order valence-corrected chi connectivity index (χ0v) is 15.1. The number of nitrogens with zero attached hydrogens (tertiary/aromatic N) is 4. The highest BCUT2D eigenvalue weighted by Crippen LogP contribution is 2.25. The second-order valence-corrected chi connectivity index (χ2v) is 8.14. The van der Waals surface area contributed by atoms with Crippen LogP contribution in [-0.4, -0.2) is 59.9 Å². The van der Waals surface area contributed by atoms with E-state index in [0.717, 1.165) is 13.0 Å². The molecule has 3 atom stereocenters. The molecule has 0 saturated carbocycles. The molecule has 0 unspecified atom stereocenters. The Hall–Kier alpha value is -1.07. The summed E-state index contributed by atoms with van der Waals surface area (Å²) in [6, 6.07) is -0.365. The number of fused-ring (bicyclic) bond motifs is 1. The Balaban J connectivity index is 1.76. The van der Waals surface area contributed by atoms with Crippen molar-refractivity contribution >= 4 is 10.2 Å². The van der Waals surface area contributed by atoms with Crippen molar-refractivity contribution in [3.63, 3.8) is 0 Å². The first-order chi connectivity index (χ1) is 11.4. The molecule has 2 aliphatic rings. The quantitative estimate of drug-likeness (QED) is 0.807. The van der Waals surface area contributed by atoms with E-state index in [9.17, 15) is 8.42 Å². The van der Waals surface area contributed by atoms with Crippen LogP contribution in [0.3, 0.4) is 0 Å². The molecular formula is C14H25N5O4S. The van der Waals surface area contributed by atoms with Crippen molar-refractivity contribution in [3.8, 4) is 0 Å². The first-order valence-corrected chi connectivity index (χ1v) is 9.68. The molecule has 136 valence electrons. The summed E-state index contributed by atoms with van der Waals surface area (Å²) in [5.74, 6) is 1.23. The topological polar surface area (TPSA) is 98.6 Å². The number of hydrogen-bond donors (Lipinski definition) is 1. The molecule has 1 saturated heterocycles. The molecule has 0 radical (unpaired) electrons. The van der Waals surface area contributed by atoms with Gasteiger partial charge in [-0.2, -0.15) is 22.5 Å². The van der Waals surface area contributed by atoms with Crippen molar-refractivity contribution in [3.05, 3.63) is 11.6 Å². The highest BCUT2D eigenvalue weighted by molar-refractivity contribution is 7.87. The fourth-order valence-electron chi connectivity index (χ4n) is 3.28. The summed E-state index contributed by atoms with van der Waals surface area (Å²) >= 11 is 0. The molecule has 9 nitrogen and oxygen atoms in total. The van der Waals surface area contributed by atoms with Crippen LogP contribution in [-0.2, 0) is 32.8 Å². The van der Waals surface area contributed by atoms with E-state index >= 15 is 0 Å². The van der Waals surface area contributed by atoms with Crippen molar-refractivity contribution < 1.29 is 17.9 Å². The Labute approximate surface area is 142 Å². The lowest BCUT2D eigenvalue weighted by Gasteiger charge is -2.35. The summed E-state index contributed by atoms with van der Waals surface area (Å²) < 4.78 is 42.2. The van der Waals surface area contributed by atoms with Gasteiger partial charge in [0.05, 0.1) is 18.2 Å². The van der Waals surface area contributed by atoms with E-state index in [2.05, 4.69) is 14.8 Å². The third-order valence-electron chi connectivity index (χ3n) is 4.21. The van der Waals surface area contributed by atoms with Gasteiger partial charge in [-0.1, -0.05) is 0 Å². The summed E-state index contributed by atoms with van der Waals surface area (Å²) in [5.41, 5.74) is 0. The van der Waals surface area contributed by atoms with Gasteiger partial charge in [0.15, 0.2) is 5.82 Å². The van der Waals surface area contributed by atoms with Gasteiger partial charge in [0.25, 0.3) is 10.2 Å². The fraction of sp³-hybridized carbons (Fsp3) is 0.857. The van der Waals surface area contributed by atoms with E-state index in [-0.39, 0.29) is 18.2 Å². The zero-order valence-electron chi connectivity index (χ0n) is 14.3. The van der Waals surface area contributed by atoms with Crippen molar-refractivity contribution in [1.29, 1.82) is 0 Å². The molecule has 0 amide bonds. The molecule has 1 fully saturated rings. The third-order valence-corrected chi connectivity index (χ3v) is 5.77. The highest BCUT2D eigenvalue weighted by Gasteiger charge is 2.35. The number of aryl methyl sites for hydroxylation is 1. The Morgan fingerprint density at radius 3 is 2.71 bits per heavy atom. The fourth-order valence-corrected chi connectivity index (χ4v) is 4.83. The molecule has 2 aliphatic heterocycles. The summed E-state index contributed by atoms with van der Waals surface area (Å²) in [7, 11) is -2.02. The Morgan fingerprint density at radius 2 is 2.04 bits per heavy atom. The van der Waals surface area contributed by atoms with Crippen LogP contribution in [0.2, 0.25) is 0 Å². The smallest absolute Gasteiger partial charge is 0.280 e. The van der Waals surface area contributed by atoms with Crippen molar-refractivity contribution in [2.45, 2.75) is 58.1 Å². The number of ether oxygens (including phenoxy) is 2. The third kappa shape index (κ3) is 3.77. The van der Waals surface area contributed by atoms with Crippen molar-refractivity contribution in [2.24, 2.45) is 0 Å². The van der Waals surface area contributed by atoms with E-state index in [0.29, 0.717) is 37.8 Å². The van der Waals surface area contributed by atoms with E-state index in [1.807, 2.05) is 13.8 Å². The lowest BCUT2D eigenvalue weighted by Crippen LogP contribution is -2.52. The maximum atomic E-state index is 12.8. The number of morpholine rings is 1. The second kappa shape index (κ2) is 7.04. The molecule has 1 aromatic rings. The predicted octanol–water partition coefficient (Wildman–Crippen LogP) is 0.203. The number of rotatable bonds is 5. The molecule has 0 bridgehead atoms. The molecule has 10 heteroatoms. The van der Waals surface area contributed by atoms with E-state index in [4.69, 9.17) is 9.47 Å². The average Bonchev–Trinajstić information content (AvgIpc) is 2.90. The van der Waals surface area contributed by atoms with Crippen LogP contribution in [0.5, 0.6) is 0 Å². The van der Waals surface area contributed by atoms with Crippen LogP contribution >= 0.6 is 0 Å². The van der Waals surface area contributed by atoms with Gasteiger partial charge in [0.2, 0.25) is 0 Å². The van der Waals surface area contributed by atoms with E-state index in [1.165, 1.54) is 4.31 Å². The lowest BCUT2D eigenvalue weighted by atomic mass is 10.1. The van der Waals surface area contributed by atoms with E-state index in [1.54, 1.807) is 11.8 Å². The minimum atomic E-state index is -3.60. The molecule has 0 aliphatic carbocycles. The van der Waals surface area contributed by atoms with Crippen LogP contribution in [0.1, 0.15) is 44.4 Å². The van der Waals surface area contributed by atoms with Gasteiger partial charge in [-0.05, 0) is 26.7 Å². The molecule has 0 spiro atoms. The van der Waals surface area contributed by atoms with Gasteiger partial charge >= 0.3 is 0 Å². The first-order valence-electron chi connectivity index (χ1n) is 8.24. The molecule has 0 aromatic carbocycles. The highest BCUT2D eigenvalue weighted by atomic mass is 32.2. The molecule has 1 N–H and O–H groups in total. The lowest BCUT2D eigenvalue weighted by molar-refractivity contribution is -0.0445. The van der Waals surface area contributed by atoms with Crippen molar-refractivity contribution in [1.82, 2.24) is 23.8 Å². The molecule has 3 rings (SSSR count). The number of nitrogens with one attached hydrogen (secondary N) is 1. The average molecular weight is 359 g/mol. The van der Waals surface area contributed by atoms with Gasteiger partial charge in [-0.25, -0.2) is 9.67 Å². The maximum Gasteiger partial charge on any atom is 0.280 e. The van der Waals surface area contributed by atoms with Crippen LogP contribution in [0.25, 0.3) is 0 Å². The van der Waals surface area contributed by atoms with Gasteiger partial charge in [-0.15, -0.1) is 0 Å². The summed E-state index contributed by atoms with van der Waals surface area (Å²) in [5, 5.41) is 4.37. The zero-order chi connectivity index (χ0) is 17.3. The van der Waals surface area contributed by atoms with Gasteiger partial charge in [0.1, 0.15) is 12.4 Å². The minimum Gasteiger partial charge on any atom is -0.377 e. The SMILES string of the molecule is COCc1nc2n(n1)CCC[C@H]2NS(=O)(=O)N1C[C@@H](C)O[C@@H](C)C1. The van der Waals surface area contributed by atoms with Gasteiger partial charge in [0, 0.05) is 26.7 Å². The van der Waals surface area contributed by atoms with Gasteiger partial charge < -0.3 is 9.47 Å². The molecular weight excluding hydrogens is 334 g/mol. The maximum absolute atomic E-state index is 12.8. The van der Waals surface area contributed by atoms with Crippen LogP contribution < -0.4 is 4.72 Å². The predicted molar refractivity (Wildman–Crippen MR) is 86.3 cm³/mol. The van der Waals surface area contributed by atoms with Crippen LogP contribution in [0.15, 0.2) is 0 Å². The van der Waals surface area contributed by atoms with Gasteiger partial charge in [-0.3, -0.25) is 0 Å². The van der Waals surface area contributed by atoms with Crippen molar-refractivity contribution in [2.75, 3.05) is 20.2 Å². The Bertz CT molecular complexity index is 667. The van der Waals surface area contributed by atoms with Crippen LogP contribution in [0, 0.1) is 0 Å². The summed E-state index contributed by atoms with van der Waals surface area (Å²) in [6.07, 6.45) is 1.33. The molecule has 1 aromatic heterocycles. The number of aromatic nitrogens is 3. The normalized spacial score (nSPS) is 28.7. The minimum absolute atomic E-state index is 0.117. The number of methoxy groups -OCH3 is 1. The summed E-state index contributed by atoms with van der Waals surface area (Å²) in [6.45, 7) is 5.54. The number of hydrogen-bond acceptors (Lipinski definition) is 6. The summed E-state index contributed by atoms with van der Waals surface area (Å²) in [4.78, 5) is 4.44. The largest absolute Gasteiger partial charge is 0.377 e. The second-order valence-electron chi connectivity index (χ2n) is 6.43. The Kier molecular flexibility index (Phi) is 5.21. The van der Waals surface area contributed by atoms with Crippen LogP contribution in [0.4, 0.5) is 0 Å². The molecule has 24 heavy (non-hydrogen) atoms. The van der Waals surface area contributed by atoms with E-state index < -0.39 is 10.2 Å². The Morgan fingerprint density at radius 1 is 1.33 bits per heavy atom.